The molecule has 0 unspecified atom stereocenters. The zero-order valence-corrected chi connectivity index (χ0v) is 13.3. The number of rotatable bonds is 2. The van der Waals surface area contributed by atoms with Crippen LogP contribution < -0.4 is 14.8 Å². The second-order valence-electron chi connectivity index (χ2n) is 6.09. The summed E-state index contributed by atoms with van der Waals surface area (Å²) in [5, 5.41) is 3.17. The number of hydrogen-bond donors (Lipinski definition) is 1. The van der Waals surface area contributed by atoms with Gasteiger partial charge in [-0.1, -0.05) is 18.2 Å². The first-order valence-electron chi connectivity index (χ1n) is 7.87. The summed E-state index contributed by atoms with van der Waals surface area (Å²) in [5.41, 5.74) is 4.38. The highest BCUT2D eigenvalue weighted by Gasteiger charge is 2.38. The zero-order chi connectivity index (χ0) is 16.0. The van der Waals surface area contributed by atoms with Crippen molar-refractivity contribution in [2.45, 2.75) is 24.8 Å². The summed E-state index contributed by atoms with van der Waals surface area (Å²) in [6.45, 7) is 0. The standard InChI is InChI=1S/C19H19NO3/c1-22-16-9-11-7-8-15-18(14(11)10-17(16)23-2)12-5-3-4-6-13(12)19(21)20-15/h3-6,9-10,15,18H,7-8H2,1-2H3,(H,20,21)/t15-,18-/m0/s1. The molecule has 1 heterocycles. The first-order chi connectivity index (χ1) is 11.2. The van der Waals surface area contributed by atoms with Crippen molar-refractivity contribution in [2.75, 3.05) is 14.2 Å². The van der Waals surface area contributed by atoms with Gasteiger partial charge >= 0.3 is 0 Å². The molecular formula is C19H19NO3. The van der Waals surface area contributed by atoms with Crippen LogP contribution in [0.5, 0.6) is 11.5 Å². The number of amides is 1. The lowest BCUT2D eigenvalue weighted by Crippen LogP contribution is -2.46. The Morgan fingerprint density at radius 1 is 1.04 bits per heavy atom. The van der Waals surface area contributed by atoms with Crippen molar-refractivity contribution in [3.8, 4) is 11.5 Å². The Morgan fingerprint density at radius 2 is 1.78 bits per heavy atom. The van der Waals surface area contributed by atoms with Crippen molar-refractivity contribution in [1.82, 2.24) is 5.32 Å². The van der Waals surface area contributed by atoms with Crippen LogP contribution in [-0.4, -0.2) is 26.2 Å². The Bertz CT molecular complexity index is 784. The molecule has 0 aromatic heterocycles. The number of nitrogens with one attached hydrogen (secondary N) is 1. The number of carbonyl (C=O) groups is 1. The second-order valence-corrected chi connectivity index (χ2v) is 6.09. The first-order valence-corrected chi connectivity index (χ1v) is 7.87. The molecule has 2 aromatic rings. The summed E-state index contributed by atoms with van der Waals surface area (Å²) in [7, 11) is 3.31. The van der Waals surface area contributed by atoms with Crippen LogP contribution in [0, 0.1) is 0 Å². The van der Waals surface area contributed by atoms with E-state index >= 15 is 0 Å². The van der Waals surface area contributed by atoms with E-state index in [1.165, 1.54) is 11.1 Å². The maximum Gasteiger partial charge on any atom is 0.251 e. The number of hydrogen-bond acceptors (Lipinski definition) is 3. The molecule has 0 bridgehead atoms. The van der Waals surface area contributed by atoms with Crippen molar-refractivity contribution >= 4 is 5.91 Å². The van der Waals surface area contributed by atoms with Crippen LogP contribution in [0.15, 0.2) is 36.4 Å². The van der Waals surface area contributed by atoms with E-state index in [4.69, 9.17) is 9.47 Å². The third-order valence-corrected chi connectivity index (χ3v) is 4.96. The first kappa shape index (κ1) is 14.1. The van der Waals surface area contributed by atoms with E-state index in [2.05, 4.69) is 23.5 Å². The monoisotopic (exact) mass is 309 g/mol. The molecule has 4 nitrogen and oxygen atoms in total. The predicted octanol–water partition coefficient (Wildman–Crippen LogP) is 2.89. The van der Waals surface area contributed by atoms with E-state index in [-0.39, 0.29) is 17.9 Å². The molecule has 0 radical (unpaired) electrons. The molecule has 0 saturated heterocycles. The molecule has 23 heavy (non-hydrogen) atoms. The third-order valence-electron chi connectivity index (χ3n) is 4.96. The highest BCUT2D eigenvalue weighted by molar-refractivity contribution is 5.97. The number of benzene rings is 2. The summed E-state index contributed by atoms with van der Waals surface area (Å²) in [4.78, 5) is 12.3. The van der Waals surface area contributed by atoms with Crippen LogP contribution in [0.25, 0.3) is 0 Å². The van der Waals surface area contributed by atoms with Gasteiger partial charge in [-0.05, 0) is 47.7 Å². The average molecular weight is 309 g/mol. The Hall–Kier alpha value is -2.49. The van der Waals surface area contributed by atoms with E-state index in [0.29, 0.717) is 0 Å². The van der Waals surface area contributed by atoms with E-state index in [1.807, 2.05) is 18.2 Å². The highest BCUT2D eigenvalue weighted by atomic mass is 16.5. The molecule has 2 aromatic carbocycles. The molecule has 1 aliphatic carbocycles. The minimum Gasteiger partial charge on any atom is -0.493 e. The Kier molecular flexibility index (Phi) is 3.26. The molecular weight excluding hydrogens is 290 g/mol. The van der Waals surface area contributed by atoms with Gasteiger partial charge in [0.2, 0.25) is 0 Å². The molecule has 4 rings (SSSR count). The minimum atomic E-state index is 0.0331. The van der Waals surface area contributed by atoms with E-state index in [9.17, 15) is 4.79 Å². The number of ether oxygens (including phenoxy) is 2. The van der Waals surface area contributed by atoms with Crippen LogP contribution in [0.3, 0.4) is 0 Å². The van der Waals surface area contributed by atoms with Crippen LogP contribution in [-0.2, 0) is 6.42 Å². The quantitative estimate of drug-likeness (QED) is 0.928. The Morgan fingerprint density at radius 3 is 2.57 bits per heavy atom. The molecule has 2 atom stereocenters. The van der Waals surface area contributed by atoms with Crippen molar-refractivity contribution in [3.05, 3.63) is 58.7 Å². The van der Waals surface area contributed by atoms with Crippen LogP contribution in [0.1, 0.15) is 39.4 Å². The van der Waals surface area contributed by atoms with E-state index < -0.39 is 0 Å². The van der Waals surface area contributed by atoms with Crippen molar-refractivity contribution in [2.24, 2.45) is 0 Å². The Balaban J connectivity index is 1.91. The van der Waals surface area contributed by atoms with E-state index in [1.54, 1.807) is 14.2 Å². The highest BCUT2D eigenvalue weighted by Crippen LogP contribution is 2.44. The van der Waals surface area contributed by atoms with Crippen molar-refractivity contribution in [1.29, 1.82) is 0 Å². The molecule has 1 aliphatic heterocycles. The van der Waals surface area contributed by atoms with E-state index in [0.717, 1.165) is 35.5 Å². The third kappa shape index (κ3) is 2.09. The molecule has 0 saturated carbocycles. The molecule has 2 aliphatic rings. The van der Waals surface area contributed by atoms with Gasteiger partial charge in [-0.3, -0.25) is 4.79 Å². The van der Waals surface area contributed by atoms with Crippen molar-refractivity contribution in [3.63, 3.8) is 0 Å². The van der Waals surface area contributed by atoms with Gasteiger partial charge in [-0.2, -0.15) is 0 Å². The van der Waals surface area contributed by atoms with Crippen LogP contribution >= 0.6 is 0 Å². The van der Waals surface area contributed by atoms with Gasteiger partial charge < -0.3 is 14.8 Å². The summed E-state index contributed by atoms with van der Waals surface area (Å²) in [6.07, 6.45) is 1.87. The summed E-state index contributed by atoms with van der Waals surface area (Å²) in [5.74, 6) is 1.71. The topological polar surface area (TPSA) is 47.6 Å². The lowest BCUT2D eigenvalue weighted by atomic mass is 9.72. The van der Waals surface area contributed by atoms with Gasteiger partial charge in [0.05, 0.1) is 14.2 Å². The van der Waals surface area contributed by atoms with Gasteiger partial charge in [-0.15, -0.1) is 0 Å². The summed E-state index contributed by atoms with van der Waals surface area (Å²) >= 11 is 0. The summed E-state index contributed by atoms with van der Waals surface area (Å²) < 4.78 is 10.9. The molecule has 1 amide bonds. The largest absolute Gasteiger partial charge is 0.493 e. The van der Waals surface area contributed by atoms with Crippen LogP contribution in [0.4, 0.5) is 0 Å². The molecule has 0 fully saturated rings. The zero-order valence-electron chi connectivity index (χ0n) is 13.3. The number of fused-ring (bicyclic) bond motifs is 5. The minimum absolute atomic E-state index is 0.0331. The summed E-state index contributed by atoms with van der Waals surface area (Å²) in [6, 6.07) is 12.2. The van der Waals surface area contributed by atoms with Gasteiger partial charge in [0.25, 0.3) is 5.91 Å². The van der Waals surface area contributed by atoms with Gasteiger partial charge in [0.15, 0.2) is 11.5 Å². The molecule has 118 valence electrons. The fourth-order valence-electron chi connectivity index (χ4n) is 3.90. The lowest BCUT2D eigenvalue weighted by molar-refractivity contribution is 0.0914. The molecule has 4 heteroatoms. The van der Waals surface area contributed by atoms with Gasteiger partial charge in [-0.25, -0.2) is 0 Å². The van der Waals surface area contributed by atoms with Crippen LogP contribution in [0.2, 0.25) is 0 Å². The van der Waals surface area contributed by atoms with Gasteiger partial charge in [0.1, 0.15) is 0 Å². The smallest absolute Gasteiger partial charge is 0.251 e. The number of aryl methyl sites for hydroxylation is 1. The molecule has 1 N–H and O–H groups in total. The fourth-order valence-corrected chi connectivity index (χ4v) is 3.90. The Labute approximate surface area is 135 Å². The number of carbonyl (C=O) groups excluding carboxylic acids is 1. The normalized spacial score (nSPS) is 21.6. The predicted molar refractivity (Wildman–Crippen MR) is 87.4 cm³/mol. The maximum atomic E-state index is 12.3. The SMILES string of the molecule is COc1cc2c(cc1OC)[C@@H]1c3ccccc3C(=O)N[C@H]1CC2. The van der Waals surface area contributed by atoms with Gasteiger partial charge in [0, 0.05) is 17.5 Å². The fraction of sp³-hybridized carbons (Fsp3) is 0.316. The maximum absolute atomic E-state index is 12.3. The number of methoxy groups -OCH3 is 2. The second kappa shape index (κ2) is 5.30. The average Bonchev–Trinajstić information content (AvgIpc) is 2.60. The lowest BCUT2D eigenvalue weighted by Gasteiger charge is -2.39. The van der Waals surface area contributed by atoms with Crippen molar-refractivity contribution < 1.29 is 14.3 Å². The molecule has 0 spiro atoms.